The fourth-order valence-electron chi connectivity index (χ4n) is 1.96. The van der Waals surface area contributed by atoms with Crippen LogP contribution in [-0.2, 0) is 7.05 Å². The number of hydrogen-bond acceptors (Lipinski definition) is 2. The summed E-state index contributed by atoms with van der Waals surface area (Å²) in [4.78, 5) is 7.53. The van der Waals surface area contributed by atoms with E-state index in [1.54, 1.807) is 6.20 Å². The minimum atomic E-state index is 0.918. The molecule has 0 aliphatic carbocycles. The summed E-state index contributed by atoms with van der Waals surface area (Å²) < 4.78 is 1.87. The van der Waals surface area contributed by atoms with E-state index in [1.807, 2.05) is 37.1 Å². The number of nitrogens with one attached hydrogen (secondary N) is 1. The van der Waals surface area contributed by atoms with E-state index in [0.717, 1.165) is 27.9 Å². The van der Waals surface area contributed by atoms with Crippen molar-refractivity contribution in [1.29, 1.82) is 0 Å². The second-order valence-electron chi connectivity index (χ2n) is 3.95. The van der Waals surface area contributed by atoms with E-state index in [1.165, 1.54) is 0 Å². The number of aryl methyl sites for hydroxylation is 2. The molecule has 0 amide bonds. The first-order valence-corrected chi connectivity index (χ1v) is 5.18. The van der Waals surface area contributed by atoms with Crippen LogP contribution in [0, 0.1) is 6.92 Å². The lowest BCUT2D eigenvalue weighted by Crippen LogP contribution is -1.92. The highest BCUT2D eigenvalue weighted by Crippen LogP contribution is 2.27. The van der Waals surface area contributed by atoms with Gasteiger partial charge in [0.2, 0.25) is 0 Å². The summed E-state index contributed by atoms with van der Waals surface area (Å²) in [5.41, 5.74) is 4.32. The molecule has 0 aliphatic heterocycles. The Morgan fingerprint density at radius 2 is 2.25 bits per heavy atom. The van der Waals surface area contributed by atoms with Crippen LogP contribution in [0.5, 0.6) is 0 Å². The van der Waals surface area contributed by atoms with Crippen LogP contribution in [0.3, 0.4) is 0 Å². The Bertz CT molecular complexity index is 648. The largest absolute Gasteiger partial charge is 0.345 e. The Labute approximate surface area is 92.9 Å². The van der Waals surface area contributed by atoms with Crippen LogP contribution >= 0.6 is 0 Å². The lowest BCUT2D eigenvalue weighted by Gasteiger charge is -2.00. The van der Waals surface area contributed by atoms with E-state index in [2.05, 4.69) is 21.1 Å². The van der Waals surface area contributed by atoms with E-state index in [-0.39, 0.29) is 0 Å². The first-order chi connectivity index (χ1) is 7.75. The van der Waals surface area contributed by atoms with Crippen molar-refractivity contribution in [1.82, 2.24) is 19.7 Å². The van der Waals surface area contributed by atoms with Crippen molar-refractivity contribution in [3.05, 3.63) is 36.3 Å². The topological polar surface area (TPSA) is 46.5 Å². The zero-order valence-electron chi connectivity index (χ0n) is 9.23. The SMILES string of the molecule is Cc1cnc2[nH]cc(-c3ccnn3C)c2c1. The van der Waals surface area contributed by atoms with Crippen molar-refractivity contribution < 1.29 is 0 Å². The molecule has 3 rings (SSSR count). The summed E-state index contributed by atoms with van der Waals surface area (Å²) in [6.07, 6.45) is 5.65. The molecule has 4 nitrogen and oxygen atoms in total. The molecule has 3 aromatic heterocycles. The van der Waals surface area contributed by atoms with Crippen LogP contribution < -0.4 is 0 Å². The molecule has 0 saturated heterocycles. The molecule has 0 spiro atoms. The predicted octanol–water partition coefficient (Wildman–Crippen LogP) is 2.27. The fourth-order valence-corrected chi connectivity index (χ4v) is 1.96. The molecule has 0 bridgehead atoms. The lowest BCUT2D eigenvalue weighted by molar-refractivity contribution is 0.776. The molecular formula is C12H12N4. The summed E-state index contributed by atoms with van der Waals surface area (Å²) in [5, 5.41) is 5.33. The van der Waals surface area contributed by atoms with Gasteiger partial charge < -0.3 is 4.98 Å². The average Bonchev–Trinajstić information content (AvgIpc) is 2.83. The Morgan fingerprint density at radius 1 is 1.38 bits per heavy atom. The zero-order valence-corrected chi connectivity index (χ0v) is 9.23. The van der Waals surface area contributed by atoms with Gasteiger partial charge in [0.05, 0.1) is 5.69 Å². The highest BCUT2D eigenvalue weighted by molar-refractivity contribution is 5.92. The zero-order chi connectivity index (χ0) is 11.1. The van der Waals surface area contributed by atoms with Gasteiger partial charge in [0.25, 0.3) is 0 Å². The first-order valence-electron chi connectivity index (χ1n) is 5.18. The van der Waals surface area contributed by atoms with Crippen LogP contribution in [0.15, 0.2) is 30.7 Å². The number of rotatable bonds is 1. The number of pyridine rings is 1. The summed E-state index contributed by atoms with van der Waals surface area (Å²) in [7, 11) is 1.94. The number of nitrogens with zero attached hydrogens (tertiary/aromatic N) is 3. The van der Waals surface area contributed by atoms with Gasteiger partial charge in [-0.3, -0.25) is 4.68 Å². The molecule has 0 radical (unpaired) electrons. The molecule has 80 valence electrons. The summed E-state index contributed by atoms with van der Waals surface area (Å²) >= 11 is 0. The number of aromatic nitrogens is 4. The quantitative estimate of drug-likeness (QED) is 0.672. The van der Waals surface area contributed by atoms with Gasteiger partial charge in [-0.15, -0.1) is 0 Å². The van der Waals surface area contributed by atoms with Gasteiger partial charge in [-0.1, -0.05) is 0 Å². The van der Waals surface area contributed by atoms with E-state index >= 15 is 0 Å². The van der Waals surface area contributed by atoms with Crippen molar-refractivity contribution in [3.63, 3.8) is 0 Å². The van der Waals surface area contributed by atoms with Crippen LogP contribution in [0.25, 0.3) is 22.3 Å². The molecule has 16 heavy (non-hydrogen) atoms. The summed E-state index contributed by atoms with van der Waals surface area (Å²) in [6.45, 7) is 2.05. The van der Waals surface area contributed by atoms with Crippen molar-refractivity contribution in [3.8, 4) is 11.3 Å². The van der Waals surface area contributed by atoms with Gasteiger partial charge in [-0.05, 0) is 24.6 Å². The molecule has 0 saturated carbocycles. The minimum absolute atomic E-state index is 0.918. The van der Waals surface area contributed by atoms with Gasteiger partial charge in [0, 0.05) is 36.6 Å². The highest BCUT2D eigenvalue weighted by Gasteiger charge is 2.09. The van der Waals surface area contributed by atoms with E-state index in [4.69, 9.17) is 0 Å². The smallest absolute Gasteiger partial charge is 0.137 e. The van der Waals surface area contributed by atoms with Gasteiger partial charge in [0.1, 0.15) is 5.65 Å². The summed E-state index contributed by atoms with van der Waals surface area (Å²) in [5.74, 6) is 0. The molecule has 0 fully saturated rings. The van der Waals surface area contributed by atoms with Gasteiger partial charge in [-0.2, -0.15) is 5.10 Å². The molecule has 0 aliphatic rings. The number of fused-ring (bicyclic) bond motifs is 1. The van der Waals surface area contributed by atoms with Crippen molar-refractivity contribution in [2.24, 2.45) is 7.05 Å². The van der Waals surface area contributed by atoms with Crippen LogP contribution in [0.4, 0.5) is 0 Å². The van der Waals surface area contributed by atoms with Crippen LogP contribution in [0.1, 0.15) is 5.56 Å². The molecule has 1 N–H and O–H groups in total. The van der Waals surface area contributed by atoms with E-state index in [0.29, 0.717) is 0 Å². The molecule has 3 heterocycles. The molecule has 4 heteroatoms. The maximum absolute atomic E-state index is 4.36. The third-order valence-corrected chi connectivity index (χ3v) is 2.76. The number of aromatic amines is 1. The molecule has 0 atom stereocenters. The van der Waals surface area contributed by atoms with E-state index in [9.17, 15) is 0 Å². The number of H-pyrrole nitrogens is 1. The number of hydrogen-bond donors (Lipinski definition) is 1. The molecule has 0 aromatic carbocycles. The van der Waals surface area contributed by atoms with Gasteiger partial charge >= 0.3 is 0 Å². The third-order valence-electron chi connectivity index (χ3n) is 2.76. The fraction of sp³-hybridized carbons (Fsp3) is 0.167. The molecular weight excluding hydrogens is 200 g/mol. The first kappa shape index (κ1) is 9.15. The van der Waals surface area contributed by atoms with Crippen molar-refractivity contribution >= 4 is 11.0 Å². The summed E-state index contributed by atoms with van der Waals surface area (Å²) in [6, 6.07) is 4.14. The maximum atomic E-state index is 4.36. The predicted molar refractivity (Wildman–Crippen MR) is 63.0 cm³/mol. The minimum Gasteiger partial charge on any atom is -0.345 e. The van der Waals surface area contributed by atoms with Crippen LogP contribution in [-0.4, -0.2) is 19.7 Å². The Morgan fingerprint density at radius 3 is 3.00 bits per heavy atom. The Kier molecular flexibility index (Phi) is 1.83. The normalized spacial score (nSPS) is 11.1. The Balaban J connectivity index is 2.32. The monoisotopic (exact) mass is 212 g/mol. The second-order valence-corrected chi connectivity index (χ2v) is 3.95. The van der Waals surface area contributed by atoms with Gasteiger partial charge in [-0.25, -0.2) is 4.98 Å². The van der Waals surface area contributed by atoms with Crippen LogP contribution in [0.2, 0.25) is 0 Å². The maximum Gasteiger partial charge on any atom is 0.137 e. The van der Waals surface area contributed by atoms with Gasteiger partial charge in [0.15, 0.2) is 0 Å². The Hall–Kier alpha value is -2.10. The van der Waals surface area contributed by atoms with Crippen molar-refractivity contribution in [2.75, 3.05) is 0 Å². The molecule has 3 aromatic rings. The van der Waals surface area contributed by atoms with E-state index < -0.39 is 0 Å². The highest BCUT2D eigenvalue weighted by atomic mass is 15.3. The lowest BCUT2D eigenvalue weighted by atomic mass is 10.1. The molecule has 0 unspecified atom stereocenters. The third kappa shape index (κ3) is 1.23. The second kappa shape index (κ2) is 3.20. The average molecular weight is 212 g/mol. The van der Waals surface area contributed by atoms with Crippen molar-refractivity contribution in [2.45, 2.75) is 6.92 Å². The standard InChI is InChI=1S/C12H12N4/c1-8-5-9-10(7-14-12(9)13-6-8)11-3-4-15-16(11)2/h3-7H,1-2H3,(H,13,14).